The topological polar surface area (TPSA) is 41.1 Å². The van der Waals surface area contributed by atoms with Crippen LogP contribution in [0, 0.1) is 0 Å². The molecule has 0 heterocycles. The molecule has 2 fully saturated rings. The van der Waals surface area contributed by atoms with Crippen LogP contribution < -0.4 is 10.6 Å². The first-order valence-corrected chi connectivity index (χ1v) is 7.97. The Morgan fingerprint density at radius 2 is 2.06 bits per heavy atom. The SMILES string of the molecule is CSC1(CNC(C)C(=O)NC2CC2)CCCC1. The molecule has 2 saturated carbocycles. The fourth-order valence-electron chi connectivity index (χ4n) is 2.46. The molecule has 0 radical (unpaired) electrons. The molecule has 0 spiro atoms. The number of thioether (sulfide) groups is 1. The van der Waals surface area contributed by atoms with Gasteiger partial charge in [0.25, 0.3) is 0 Å². The van der Waals surface area contributed by atoms with Crippen molar-refractivity contribution in [1.29, 1.82) is 0 Å². The number of hydrogen-bond acceptors (Lipinski definition) is 3. The van der Waals surface area contributed by atoms with Gasteiger partial charge in [-0.25, -0.2) is 0 Å². The Morgan fingerprint density at radius 3 is 2.59 bits per heavy atom. The predicted molar refractivity (Wildman–Crippen MR) is 73.3 cm³/mol. The Kier molecular flexibility index (Phi) is 4.36. The molecule has 0 bridgehead atoms. The first-order valence-electron chi connectivity index (χ1n) is 6.74. The minimum absolute atomic E-state index is 0.0553. The van der Waals surface area contributed by atoms with E-state index in [-0.39, 0.29) is 11.9 Å². The molecular weight excluding hydrogens is 232 g/mol. The standard InChI is InChI=1S/C13H24N2OS/c1-10(12(16)15-11-5-6-11)14-9-13(17-2)7-3-4-8-13/h10-11,14H,3-9H2,1-2H3,(H,15,16). The van der Waals surface area contributed by atoms with Crippen LogP contribution in [0.1, 0.15) is 45.4 Å². The van der Waals surface area contributed by atoms with Gasteiger partial charge >= 0.3 is 0 Å². The summed E-state index contributed by atoms with van der Waals surface area (Å²) in [5.41, 5.74) is 0. The summed E-state index contributed by atoms with van der Waals surface area (Å²) in [5.74, 6) is 0.168. The molecule has 0 aliphatic heterocycles. The average molecular weight is 256 g/mol. The highest BCUT2D eigenvalue weighted by Crippen LogP contribution is 2.39. The smallest absolute Gasteiger partial charge is 0.237 e. The van der Waals surface area contributed by atoms with Crippen molar-refractivity contribution in [3.63, 3.8) is 0 Å². The van der Waals surface area contributed by atoms with Gasteiger partial charge in [-0.1, -0.05) is 12.8 Å². The van der Waals surface area contributed by atoms with Gasteiger partial charge in [-0.3, -0.25) is 4.79 Å². The molecule has 2 N–H and O–H groups in total. The molecule has 2 aliphatic rings. The molecule has 17 heavy (non-hydrogen) atoms. The van der Waals surface area contributed by atoms with Crippen LogP contribution in [-0.2, 0) is 4.79 Å². The maximum Gasteiger partial charge on any atom is 0.237 e. The second-order valence-corrected chi connectivity index (χ2v) is 6.75. The van der Waals surface area contributed by atoms with E-state index in [1.807, 2.05) is 18.7 Å². The highest BCUT2D eigenvalue weighted by Gasteiger charge is 2.33. The summed E-state index contributed by atoms with van der Waals surface area (Å²) in [6.07, 6.45) is 9.77. The first-order chi connectivity index (χ1) is 8.15. The van der Waals surface area contributed by atoms with Gasteiger partial charge in [0.05, 0.1) is 6.04 Å². The molecule has 2 rings (SSSR count). The lowest BCUT2D eigenvalue weighted by atomic mass is 10.1. The van der Waals surface area contributed by atoms with E-state index >= 15 is 0 Å². The zero-order valence-corrected chi connectivity index (χ0v) is 11.7. The van der Waals surface area contributed by atoms with Gasteiger partial charge in [0.2, 0.25) is 5.91 Å². The van der Waals surface area contributed by atoms with E-state index in [1.54, 1.807) is 0 Å². The van der Waals surface area contributed by atoms with Crippen LogP contribution >= 0.6 is 11.8 Å². The number of amides is 1. The quantitative estimate of drug-likeness (QED) is 0.763. The van der Waals surface area contributed by atoms with Crippen molar-refractivity contribution in [3.8, 4) is 0 Å². The number of hydrogen-bond donors (Lipinski definition) is 2. The van der Waals surface area contributed by atoms with Crippen LogP contribution in [0.2, 0.25) is 0 Å². The van der Waals surface area contributed by atoms with Crippen molar-refractivity contribution in [2.45, 2.75) is 62.3 Å². The second kappa shape index (κ2) is 5.61. The Labute approximate surface area is 108 Å². The highest BCUT2D eigenvalue weighted by atomic mass is 32.2. The van der Waals surface area contributed by atoms with E-state index in [9.17, 15) is 4.79 Å². The maximum absolute atomic E-state index is 11.8. The van der Waals surface area contributed by atoms with Crippen molar-refractivity contribution < 1.29 is 4.79 Å². The molecule has 0 aromatic rings. The third kappa shape index (κ3) is 3.62. The lowest BCUT2D eigenvalue weighted by Crippen LogP contribution is -2.47. The van der Waals surface area contributed by atoms with Gasteiger partial charge in [0.1, 0.15) is 0 Å². The van der Waals surface area contributed by atoms with Crippen molar-refractivity contribution in [3.05, 3.63) is 0 Å². The minimum Gasteiger partial charge on any atom is -0.352 e. The molecule has 1 atom stereocenters. The van der Waals surface area contributed by atoms with E-state index in [4.69, 9.17) is 0 Å². The molecule has 0 aromatic heterocycles. The summed E-state index contributed by atoms with van der Waals surface area (Å²) in [6, 6.07) is 0.410. The van der Waals surface area contributed by atoms with Gasteiger partial charge < -0.3 is 10.6 Å². The fraction of sp³-hybridized carbons (Fsp3) is 0.923. The molecule has 98 valence electrons. The molecular formula is C13H24N2OS. The minimum atomic E-state index is -0.0553. The predicted octanol–water partition coefficient (Wildman–Crippen LogP) is 1.92. The van der Waals surface area contributed by atoms with Crippen LogP contribution in [0.5, 0.6) is 0 Å². The summed E-state index contributed by atoms with van der Waals surface area (Å²) in [5, 5.41) is 6.47. The summed E-state index contributed by atoms with van der Waals surface area (Å²) >= 11 is 1.97. The third-order valence-electron chi connectivity index (χ3n) is 4.00. The summed E-state index contributed by atoms with van der Waals surface area (Å²) < 4.78 is 0.383. The molecule has 2 aliphatic carbocycles. The number of rotatable bonds is 6. The van der Waals surface area contributed by atoms with Crippen LogP contribution in [0.3, 0.4) is 0 Å². The fourth-order valence-corrected chi connectivity index (χ4v) is 3.38. The van der Waals surface area contributed by atoms with Crippen molar-refractivity contribution in [2.24, 2.45) is 0 Å². The third-order valence-corrected chi connectivity index (χ3v) is 5.41. The summed E-state index contributed by atoms with van der Waals surface area (Å²) in [6.45, 7) is 2.94. The maximum atomic E-state index is 11.8. The number of carbonyl (C=O) groups is 1. The van der Waals surface area contributed by atoms with Gasteiger partial charge in [0.15, 0.2) is 0 Å². The summed E-state index contributed by atoms with van der Waals surface area (Å²) in [7, 11) is 0. The molecule has 4 heteroatoms. The van der Waals surface area contributed by atoms with Crippen molar-refractivity contribution >= 4 is 17.7 Å². The first kappa shape index (κ1) is 13.2. The normalized spacial score (nSPS) is 24.6. The van der Waals surface area contributed by atoms with Gasteiger partial charge in [-0.15, -0.1) is 0 Å². The molecule has 1 amide bonds. The molecule has 0 aromatic carbocycles. The zero-order chi connectivity index (χ0) is 12.3. The van der Waals surface area contributed by atoms with E-state index in [0.29, 0.717) is 10.8 Å². The highest BCUT2D eigenvalue weighted by molar-refractivity contribution is 8.00. The van der Waals surface area contributed by atoms with Crippen LogP contribution in [0.15, 0.2) is 0 Å². The molecule has 3 nitrogen and oxygen atoms in total. The largest absolute Gasteiger partial charge is 0.352 e. The van der Waals surface area contributed by atoms with Crippen molar-refractivity contribution in [1.82, 2.24) is 10.6 Å². The van der Waals surface area contributed by atoms with E-state index in [2.05, 4.69) is 16.9 Å². The second-order valence-electron chi connectivity index (χ2n) is 5.48. The average Bonchev–Trinajstić information content (AvgIpc) is 3.02. The lowest BCUT2D eigenvalue weighted by molar-refractivity contribution is -0.122. The lowest BCUT2D eigenvalue weighted by Gasteiger charge is -2.28. The van der Waals surface area contributed by atoms with E-state index in [1.165, 1.54) is 25.7 Å². The van der Waals surface area contributed by atoms with E-state index in [0.717, 1.165) is 19.4 Å². The Balaban J connectivity index is 1.73. The Bertz CT molecular complexity index is 273. The van der Waals surface area contributed by atoms with E-state index < -0.39 is 0 Å². The Morgan fingerprint density at radius 1 is 1.41 bits per heavy atom. The van der Waals surface area contributed by atoms with Gasteiger partial charge in [-0.2, -0.15) is 11.8 Å². The number of carbonyl (C=O) groups excluding carboxylic acids is 1. The van der Waals surface area contributed by atoms with Crippen LogP contribution in [0.25, 0.3) is 0 Å². The van der Waals surface area contributed by atoms with Crippen LogP contribution in [-0.4, -0.2) is 35.5 Å². The van der Waals surface area contributed by atoms with Crippen molar-refractivity contribution in [2.75, 3.05) is 12.8 Å². The Hall–Kier alpha value is -0.220. The monoisotopic (exact) mass is 256 g/mol. The molecule has 0 saturated heterocycles. The molecule has 1 unspecified atom stereocenters. The van der Waals surface area contributed by atoms with Gasteiger partial charge in [0, 0.05) is 17.3 Å². The zero-order valence-electron chi connectivity index (χ0n) is 10.9. The van der Waals surface area contributed by atoms with Crippen LogP contribution in [0.4, 0.5) is 0 Å². The summed E-state index contributed by atoms with van der Waals surface area (Å²) in [4.78, 5) is 11.8. The van der Waals surface area contributed by atoms with Gasteiger partial charge in [-0.05, 0) is 38.9 Å². The number of nitrogens with one attached hydrogen (secondary N) is 2.